The third-order valence-electron chi connectivity index (χ3n) is 3.67. The average Bonchev–Trinajstić information content (AvgIpc) is 2.60. The van der Waals surface area contributed by atoms with Crippen LogP contribution in [-0.4, -0.2) is 22.8 Å². The predicted octanol–water partition coefficient (Wildman–Crippen LogP) is 4.24. The molecule has 0 bridgehead atoms. The highest BCUT2D eigenvalue weighted by atomic mass is 35.5. The number of esters is 1. The van der Waals surface area contributed by atoms with Crippen LogP contribution in [0.1, 0.15) is 40.1 Å². The fraction of sp³-hybridized carbons (Fsp3) is 0.222. The van der Waals surface area contributed by atoms with Gasteiger partial charge < -0.3 is 4.74 Å². The fourth-order valence-electron chi connectivity index (χ4n) is 2.25. The SMILES string of the molecule is CCc1ccc(C(=O)C(C)OC(=O)c2cc(Cl)ccc2[N+](=O)[O-])cc1. The molecule has 0 heterocycles. The van der Waals surface area contributed by atoms with Crippen LogP contribution < -0.4 is 0 Å². The summed E-state index contributed by atoms with van der Waals surface area (Å²) in [6.07, 6.45) is -0.240. The Morgan fingerprint density at radius 3 is 2.40 bits per heavy atom. The number of Topliss-reactive ketones (excluding diaryl/α,β-unsaturated/α-hetero) is 1. The van der Waals surface area contributed by atoms with Gasteiger partial charge in [0.1, 0.15) is 5.56 Å². The summed E-state index contributed by atoms with van der Waals surface area (Å²) in [7, 11) is 0. The Bertz CT molecular complexity index is 817. The molecule has 6 nitrogen and oxygen atoms in total. The lowest BCUT2D eigenvalue weighted by Gasteiger charge is -2.13. The summed E-state index contributed by atoms with van der Waals surface area (Å²) < 4.78 is 5.10. The number of halogens is 1. The predicted molar refractivity (Wildman–Crippen MR) is 93.1 cm³/mol. The lowest BCUT2D eigenvalue weighted by molar-refractivity contribution is -0.385. The number of carbonyl (C=O) groups is 2. The Morgan fingerprint density at radius 1 is 1.20 bits per heavy atom. The van der Waals surface area contributed by atoms with Gasteiger partial charge in [-0.15, -0.1) is 0 Å². The molecule has 7 heteroatoms. The fourth-order valence-corrected chi connectivity index (χ4v) is 2.42. The third kappa shape index (κ3) is 4.42. The molecule has 0 spiro atoms. The lowest BCUT2D eigenvalue weighted by atomic mass is 10.0. The molecule has 0 aliphatic heterocycles. The van der Waals surface area contributed by atoms with Crippen molar-refractivity contribution < 1.29 is 19.2 Å². The molecule has 0 N–H and O–H groups in total. The first-order valence-corrected chi connectivity index (χ1v) is 7.99. The van der Waals surface area contributed by atoms with Crippen LogP contribution in [0, 0.1) is 10.1 Å². The van der Waals surface area contributed by atoms with E-state index in [9.17, 15) is 19.7 Å². The van der Waals surface area contributed by atoms with Gasteiger partial charge in [0.15, 0.2) is 6.10 Å². The van der Waals surface area contributed by atoms with Crippen molar-refractivity contribution in [2.75, 3.05) is 0 Å². The largest absolute Gasteiger partial charge is 0.450 e. The van der Waals surface area contributed by atoms with Crippen LogP contribution in [-0.2, 0) is 11.2 Å². The summed E-state index contributed by atoms with van der Waals surface area (Å²) in [5, 5.41) is 11.2. The van der Waals surface area contributed by atoms with E-state index < -0.39 is 22.7 Å². The summed E-state index contributed by atoms with van der Waals surface area (Å²) in [5.74, 6) is -1.36. The number of aryl methyl sites for hydroxylation is 1. The number of nitro benzene ring substituents is 1. The molecule has 0 saturated heterocycles. The molecule has 0 saturated carbocycles. The van der Waals surface area contributed by atoms with E-state index in [1.165, 1.54) is 13.0 Å². The maximum absolute atomic E-state index is 12.4. The molecular formula is C18H16ClNO5. The summed E-state index contributed by atoms with van der Waals surface area (Å²) in [6, 6.07) is 10.5. The highest BCUT2D eigenvalue weighted by Crippen LogP contribution is 2.24. The zero-order valence-electron chi connectivity index (χ0n) is 13.7. The van der Waals surface area contributed by atoms with Gasteiger partial charge in [-0.3, -0.25) is 14.9 Å². The number of benzene rings is 2. The molecule has 0 amide bonds. The lowest BCUT2D eigenvalue weighted by Crippen LogP contribution is -2.24. The smallest absolute Gasteiger partial charge is 0.345 e. The molecule has 0 aliphatic rings. The van der Waals surface area contributed by atoms with Gasteiger partial charge >= 0.3 is 5.97 Å². The Morgan fingerprint density at radius 2 is 1.84 bits per heavy atom. The van der Waals surface area contributed by atoms with E-state index in [2.05, 4.69) is 0 Å². The number of hydrogen-bond acceptors (Lipinski definition) is 5. The summed E-state index contributed by atoms with van der Waals surface area (Å²) in [4.78, 5) is 34.9. The Kier molecular flexibility index (Phi) is 5.88. The van der Waals surface area contributed by atoms with Gasteiger partial charge in [0.2, 0.25) is 5.78 Å². The van der Waals surface area contributed by atoms with Gasteiger partial charge in [-0.25, -0.2) is 4.79 Å². The molecule has 2 aromatic rings. The molecule has 1 atom stereocenters. The number of hydrogen-bond donors (Lipinski definition) is 0. The van der Waals surface area contributed by atoms with E-state index in [0.717, 1.165) is 24.1 Å². The third-order valence-corrected chi connectivity index (χ3v) is 3.91. The molecule has 25 heavy (non-hydrogen) atoms. The molecule has 130 valence electrons. The molecule has 2 aromatic carbocycles. The van der Waals surface area contributed by atoms with Crippen molar-refractivity contribution in [2.24, 2.45) is 0 Å². The normalized spacial score (nSPS) is 11.6. The van der Waals surface area contributed by atoms with Crippen molar-refractivity contribution in [3.8, 4) is 0 Å². The molecule has 2 rings (SSSR count). The number of nitro groups is 1. The van der Waals surface area contributed by atoms with Crippen LogP contribution in [0.3, 0.4) is 0 Å². The zero-order chi connectivity index (χ0) is 18.6. The molecule has 1 unspecified atom stereocenters. The van der Waals surface area contributed by atoms with Crippen molar-refractivity contribution in [3.05, 3.63) is 74.3 Å². The van der Waals surface area contributed by atoms with Crippen LogP contribution in [0.25, 0.3) is 0 Å². The maximum Gasteiger partial charge on any atom is 0.345 e. The van der Waals surface area contributed by atoms with E-state index in [-0.39, 0.29) is 16.4 Å². The van der Waals surface area contributed by atoms with Crippen molar-refractivity contribution in [2.45, 2.75) is 26.4 Å². The second-order valence-electron chi connectivity index (χ2n) is 5.38. The molecule has 0 fully saturated rings. The van der Waals surface area contributed by atoms with Gasteiger partial charge in [-0.05, 0) is 31.0 Å². The minimum absolute atomic E-state index is 0.159. The highest BCUT2D eigenvalue weighted by Gasteiger charge is 2.26. The summed E-state index contributed by atoms with van der Waals surface area (Å²) in [6.45, 7) is 3.42. The number of ether oxygens (including phenoxy) is 1. The van der Waals surface area contributed by atoms with Crippen LogP contribution >= 0.6 is 11.6 Å². The summed E-state index contributed by atoms with van der Waals surface area (Å²) in [5.41, 5.74) is 0.758. The Hall–Kier alpha value is -2.73. The van der Waals surface area contributed by atoms with Gasteiger partial charge in [-0.1, -0.05) is 42.8 Å². The van der Waals surface area contributed by atoms with E-state index >= 15 is 0 Å². The van der Waals surface area contributed by atoms with E-state index in [4.69, 9.17) is 16.3 Å². The second kappa shape index (κ2) is 7.90. The topological polar surface area (TPSA) is 86.5 Å². The van der Waals surface area contributed by atoms with E-state index in [1.807, 2.05) is 19.1 Å². The van der Waals surface area contributed by atoms with Gasteiger partial charge in [-0.2, -0.15) is 0 Å². The molecule has 0 aromatic heterocycles. The van der Waals surface area contributed by atoms with Crippen molar-refractivity contribution in [1.82, 2.24) is 0 Å². The quantitative estimate of drug-likeness (QED) is 0.332. The first kappa shape index (κ1) is 18.6. The summed E-state index contributed by atoms with van der Waals surface area (Å²) >= 11 is 5.79. The molecule has 0 aliphatic carbocycles. The Labute approximate surface area is 149 Å². The number of rotatable bonds is 6. The van der Waals surface area contributed by atoms with E-state index in [0.29, 0.717) is 5.56 Å². The van der Waals surface area contributed by atoms with Crippen molar-refractivity contribution in [3.63, 3.8) is 0 Å². The standard InChI is InChI=1S/C18H16ClNO5/c1-3-12-4-6-13(7-5-12)17(21)11(2)25-18(22)15-10-14(19)8-9-16(15)20(23)24/h4-11H,3H2,1-2H3. The number of carbonyl (C=O) groups excluding carboxylic acids is 2. The van der Waals surface area contributed by atoms with Crippen molar-refractivity contribution in [1.29, 1.82) is 0 Å². The minimum Gasteiger partial charge on any atom is -0.450 e. The average molecular weight is 362 g/mol. The van der Waals surface area contributed by atoms with Crippen LogP contribution in [0.5, 0.6) is 0 Å². The zero-order valence-corrected chi connectivity index (χ0v) is 14.4. The Balaban J connectivity index is 2.18. The van der Waals surface area contributed by atoms with Crippen molar-refractivity contribution >= 4 is 29.0 Å². The van der Waals surface area contributed by atoms with Gasteiger partial charge in [0.25, 0.3) is 5.69 Å². The second-order valence-corrected chi connectivity index (χ2v) is 5.82. The number of ketones is 1. The molecular weight excluding hydrogens is 346 g/mol. The van der Waals surface area contributed by atoms with Gasteiger partial charge in [0, 0.05) is 16.7 Å². The van der Waals surface area contributed by atoms with E-state index in [1.54, 1.807) is 12.1 Å². The molecule has 0 radical (unpaired) electrons. The first-order valence-electron chi connectivity index (χ1n) is 7.61. The van der Waals surface area contributed by atoms with Crippen LogP contribution in [0.4, 0.5) is 5.69 Å². The van der Waals surface area contributed by atoms with Gasteiger partial charge in [0.05, 0.1) is 4.92 Å². The van der Waals surface area contributed by atoms with Crippen LogP contribution in [0.15, 0.2) is 42.5 Å². The van der Waals surface area contributed by atoms with Crippen LogP contribution in [0.2, 0.25) is 5.02 Å². The minimum atomic E-state index is -1.08. The number of nitrogens with zero attached hydrogens (tertiary/aromatic N) is 1. The highest BCUT2D eigenvalue weighted by molar-refractivity contribution is 6.31. The monoisotopic (exact) mass is 361 g/mol. The maximum atomic E-state index is 12.4. The first-order chi connectivity index (χ1) is 11.8.